The lowest BCUT2D eigenvalue weighted by Crippen LogP contribution is -2.34. The van der Waals surface area contributed by atoms with Crippen molar-refractivity contribution in [3.8, 4) is 0 Å². The van der Waals surface area contributed by atoms with Crippen molar-refractivity contribution in [1.82, 2.24) is 5.32 Å². The molecule has 14 heavy (non-hydrogen) atoms. The van der Waals surface area contributed by atoms with E-state index in [1.54, 1.807) is 0 Å². The molecule has 2 heteroatoms. The summed E-state index contributed by atoms with van der Waals surface area (Å²) in [6, 6.07) is 11.6. The van der Waals surface area contributed by atoms with E-state index in [1.165, 1.54) is 24.9 Å². The van der Waals surface area contributed by atoms with Crippen LogP contribution in [-0.2, 0) is 0 Å². The molecule has 0 saturated carbocycles. The molecule has 1 aromatic rings. The maximum absolute atomic E-state index is 3.48. The molecular weight excluding hydrogens is 194 g/mol. The highest BCUT2D eigenvalue weighted by Gasteiger charge is 2.18. The van der Waals surface area contributed by atoms with Crippen molar-refractivity contribution in [3.05, 3.63) is 35.9 Å². The third-order valence-electron chi connectivity index (χ3n) is 2.89. The smallest absolute Gasteiger partial charge is 0.00445 e. The second-order valence-electron chi connectivity index (χ2n) is 3.99. The van der Waals surface area contributed by atoms with Crippen LogP contribution in [0, 0.1) is 0 Å². The summed E-state index contributed by atoms with van der Waals surface area (Å²) in [6.45, 7) is 3.44. The molecule has 0 spiro atoms. The van der Waals surface area contributed by atoms with Crippen LogP contribution in [0.4, 0.5) is 0 Å². The van der Waals surface area contributed by atoms with Crippen molar-refractivity contribution in [2.75, 3.05) is 6.54 Å². The Kier molecular flexibility index (Phi) is 4.43. The van der Waals surface area contributed by atoms with Crippen LogP contribution in [0.15, 0.2) is 30.3 Å². The normalized spacial score (nSPS) is 26.6. The molecule has 0 aliphatic carbocycles. The summed E-state index contributed by atoms with van der Waals surface area (Å²) in [7, 11) is 0. The summed E-state index contributed by atoms with van der Waals surface area (Å²) in [4.78, 5) is 0. The summed E-state index contributed by atoms with van der Waals surface area (Å²) < 4.78 is 0. The molecule has 1 N–H and O–H groups in total. The minimum atomic E-state index is 0. The minimum Gasteiger partial charge on any atom is -0.314 e. The van der Waals surface area contributed by atoms with Gasteiger partial charge in [0.2, 0.25) is 0 Å². The van der Waals surface area contributed by atoms with Gasteiger partial charge in [-0.1, -0.05) is 30.3 Å². The molecule has 2 rings (SSSR count). The number of piperidine rings is 1. The molecule has 0 radical (unpaired) electrons. The molecular formula is C12H18ClN. The van der Waals surface area contributed by atoms with E-state index in [4.69, 9.17) is 0 Å². The van der Waals surface area contributed by atoms with E-state index in [0.29, 0.717) is 6.04 Å². The Labute approximate surface area is 92.3 Å². The highest BCUT2D eigenvalue weighted by atomic mass is 35.5. The molecule has 0 aromatic heterocycles. The van der Waals surface area contributed by atoms with E-state index in [-0.39, 0.29) is 12.4 Å². The highest BCUT2D eigenvalue weighted by molar-refractivity contribution is 5.85. The number of halogens is 1. The molecule has 1 saturated heterocycles. The van der Waals surface area contributed by atoms with E-state index < -0.39 is 0 Å². The van der Waals surface area contributed by atoms with Gasteiger partial charge in [-0.05, 0) is 37.8 Å². The molecule has 1 aliphatic rings. The monoisotopic (exact) mass is 211 g/mol. The van der Waals surface area contributed by atoms with Crippen LogP contribution in [0.3, 0.4) is 0 Å². The van der Waals surface area contributed by atoms with Crippen LogP contribution >= 0.6 is 12.4 Å². The van der Waals surface area contributed by atoms with Gasteiger partial charge < -0.3 is 5.32 Å². The van der Waals surface area contributed by atoms with Crippen LogP contribution in [0.1, 0.15) is 31.2 Å². The van der Waals surface area contributed by atoms with Gasteiger partial charge in [0, 0.05) is 6.04 Å². The second kappa shape index (κ2) is 5.38. The first kappa shape index (κ1) is 11.5. The Morgan fingerprint density at radius 3 is 2.57 bits per heavy atom. The first-order valence-electron chi connectivity index (χ1n) is 5.14. The lowest BCUT2D eigenvalue weighted by atomic mass is 9.87. The Bertz CT molecular complexity index is 260. The Morgan fingerprint density at radius 1 is 1.21 bits per heavy atom. The fourth-order valence-corrected chi connectivity index (χ4v) is 2.16. The molecule has 0 amide bonds. The largest absolute Gasteiger partial charge is 0.314 e. The molecule has 2 atom stereocenters. The van der Waals surface area contributed by atoms with Crippen LogP contribution < -0.4 is 5.32 Å². The van der Waals surface area contributed by atoms with Crippen molar-refractivity contribution >= 4 is 12.4 Å². The van der Waals surface area contributed by atoms with Crippen molar-refractivity contribution in [2.45, 2.75) is 31.7 Å². The summed E-state index contributed by atoms with van der Waals surface area (Å²) >= 11 is 0. The van der Waals surface area contributed by atoms with Gasteiger partial charge in [0.1, 0.15) is 0 Å². The fourth-order valence-electron chi connectivity index (χ4n) is 2.16. The molecule has 1 heterocycles. The standard InChI is InChI=1S/C12H17N.ClH/c1-10-9-12(7-8-13-10)11-5-3-2-4-6-11;/h2-6,10,12-13H,7-9H2,1H3;1H/t10-,12-;/m1./s1. The minimum absolute atomic E-state index is 0. The number of nitrogens with one attached hydrogen (secondary N) is 1. The summed E-state index contributed by atoms with van der Waals surface area (Å²) in [6.07, 6.45) is 2.57. The zero-order valence-electron chi connectivity index (χ0n) is 8.57. The van der Waals surface area contributed by atoms with E-state index in [2.05, 4.69) is 42.6 Å². The van der Waals surface area contributed by atoms with Gasteiger partial charge in [-0.2, -0.15) is 0 Å². The molecule has 78 valence electrons. The van der Waals surface area contributed by atoms with E-state index in [0.717, 1.165) is 5.92 Å². The fraction of sp³-hybridized carbons (Fsp3) is 0.500. The maximum Gasteiger partial charge on any atom is 0.00445 e. The average molecular weight is 212 g/mol. The van der Waals surface area contributed by atoms with Gasteiger partial charge in [0.05, 0.1) is 0 Å². The van der Waals surface area contributed by atoms with Crippen LogP contribution in [0.25, 0.3) is 0 Å². The number of rotatable bonds is 1. The quantitative estimate of drug-likeness (QED) is 0.753. The third kappa shape index (κ3) is 2.73. The van der Waals surface area contributed by atoms with E-state index >= 15 is 0 Å². The van der Waals surface area contributed by atoms with Gasteiger partial charge in [-0.3, -0.25) is 0 Å². The Hall–Kier alpha value is -0.530. The maximum atomic E-state index is 3.48. The predicted molar refractivity (Wildman–Crippen MR) is 63.1 cm³/mol. The summed E-state index contributed by atoms with van der Waals surface area (Å²) in [5.74, 6) is 0.775. The molecule has 1 aromatic carbocycles. The highest BCUT2D eigenvalue weighted by Crippen LogP contribution is 2.26. The van der Waals surface area contributed by atoms with Crippen molar-refractivity contribution < 1.29 is 0 Å². The molecule has 1 aliphatic heterocycles. The summed E-state index contributed by atoms with van der Waals surface area (Å²) in [5.41, 5.74) is 1.51. The van der Waals surface area contributed by atoms with Gasteiger partial charge >= 0.3 is 0 Å². The average Bonchev–Trinajstić information content (AvgIpc) is 2.19. The molecule has 0 unspecified atom stereocenters. The van der Waals surface area contributed by atoms with Gasteiger partial charge in [0.25, 0.3) is 0 Å². The van der Waals surface area contributed by atoms with Crippen LogP contribution in [0.2, 0.25) is 0 Å². The van der Waals surface area contributed by atoms with Crippen molar-refractivity contribution in [2.24, 2.45) is 0 Å². The Balaban J connectivity index is 0.000000980. The zero-order chi connectivity index (χ0) is 9.10. The van der Waals surface area contributed by atoms with Gasteiger partial charge in [-0.15, -0.1) is 12.4 Å². The van der Waals surface area contributed by atoms with E-state index in [1.807, 2.05) is 0 Å². The van der Waals surface area contributed by atoms with Crippen LogP contribution in [0.5, 0.6) is 0 Å². The lowest BCUT2D eigenvalue weighted by molar-refractivity contribution is 0.381. The lowest BCUT2D eigenvalue weighted by Gasteiger charge is -2.28. The third-order valence-corrected chi connectivity index (χ3v) is 2.89. The molecule has 1 nitrogen and oxygen atoms in total. The zero-order valence-corrected chi connectivity index (χ0v) is 9.39. The van der Waals surface area contributed by atoms with Crippen LogP contribution in [-0.4, -0.2) is 12.6 Å². The topological polar surface area (TPSA) is 12.0 Å². The van der Waals surface area contributed by atoms with Crippen molar-refractivity contribution in [1.29, 1.82) is 0 Å². The second-order valence-corrected chi connectivity index (χ2v) is 3.99. The van der Waals surface area contributed by atoms with Crippen molar-refractivity contribution in [3.63, 3.8) is 0 Å². The summed E-state index contributed by atoms with van der Waals surface area (Å²) in [5, 5.41) is 3.48. The predicted octanol–water partition coefficient (Wildman–Crippen LogP) is 2.96. The van der Waals surface area contributed by atoms with Gasteiger partial charge in [-0.25, -0.2) is 0 Å². The first-order chi connectivity index (χ1) is 6.36. The molecule has 1 fully saturated rings. The van der Waals surface area contributed by atoms with E-state index in [9.17, 15) is 0 Å². The number of hydrogen-bond acceptors (Lipinski definition) is 1. The SMILES string of the molecule is C[C@@H]1C[C@H](c2ccccc2)CCN1.Cl. The number of benzene rings is 1. The number of hydrogen-bond donors (Lipinski definition) is 1. The first-order valence-corrected chi connectivity index (χ1v) is 5.14. The Morgan fingerprint density at radius 2 is 1.93 bits per heavy atom. The molecule has 0 bridgehead atoms. The van der Waals surface area contributed by atoms with Gasteiger partial charge in [0.15, 0.2) is 0 Å².